The van der Waals surface area contributed by atoms with E-state index in [0.717, 1.165) is 5.39 Å². The predicted octanol–water partition coefficient (Wildman–Crippen LogP) is 2.77. The number of H-pyrrole nitrogens is 1. The van der Waals surface area contributed by atoms with E-state index < -0.39 is 0 Å². The van der Waals surface area contributed by atoms with Gasteiger partial charge >= 0.3 is 0 Å². The van der Waals surface area contributed by atoms with E-state index in [4.69, 9.17) is 18.2 Å². The van der Waals surface area contributed by atoms with Crippen molar-refractivity contribution in [2.24, 2.45) is 0 Å². The number of hydrogen-bond acceptors (Lipinski definition) is 1. The first-order valence-corrected chi connectivity index (χ1v) is 3.70. The van der Waals surface area contributed by atoms with E-state index in [1.807, 2.05) is 0 Å². The smallest absolute Gasteiger partial charge is 0.224 e. The zero-order chi connectivity index (χ0) is 8.55. The van der Waals surface area contributed by atoms with E-state index in [0.29, 0.717) is 16.4 Å². The van der Waals surface area contributed by atoms with Crippen molar-refractivity contribution >= 4 is 28.3 Å². The van der Waals surface area contributed by atoms with Gasteiger partial charge in [-0.05, 0) is 6.07 Å². The highest BCUT2D eigenvalue weighted by Crippen LogP contribution is 2.30. The molecule has 0 radical (unpaired) electrons. The predicted molar refractivity (Wildman–Crippen MR) is 47.4 cm³/mol. The number of nitrogens with zero attached hydrogens (tertiary/aromatic N) is 2. The Balaban J connectivity index is 2.89. The molecule has 1 N–H and O–H groups in total. The van der Waals surface area contributed by atoms with Crippen LogP contribution in [0.3, 0.4) is 0 Å². The lowest BCUT2D eigenvalue weighted by atomic mass is 10.3. The van der Waals surface area contributed by atoms with E-state index in [2.05, 4.69) is 14.8 Å². The first-order chi connectivity index (χ1) is 5.83. The summed E-state index contributed by atoms with van der Waals surface area (Å²) in [5.41, 5.74) is 1.11. The normalized spacial score (nSPS) is 10.0. The molecule has 0 aromatic carbocycles. The molecule has 4 heteroatoms. The van der Waals surface area contributed by atoms with Gasteiger partial charge in [0.05, 0.1) is 11.6 Å². The number of nitrogens with one attached hydrogen (secondary N) is 1. The Morgan fingerprint density at radius 2 is 2.42 bits per heavy atom. The lowest BCUT2D eigenvalue weighted by Crippen LogP contribution is -1.75. The minimum atomic E-state index is 0.392. The Morgan fingerprint density at radius 1 is 1.58 bits per heavy atom. The highest BCUT2D eigenvalue weighted by molar-refractivity contribution is 6.37. The van der Waals surface area contributed by atoms with E-state index >= 15 is 0 Å². The quantitative estimate of drug-likeness (QED) is 0.617. The Kier molecular flexibility index (Phi) is 1.49. The van der Waals surface area contributed by atoms with Gasteiger partial charge in [0.15, 0.2) is 0 Å². The second-order valence-electron chi connectivity index (χ2n) is 2.31. The fourth-order valence-corrected chi connectivity index (χ4v) is 1.29. The molecular formula is C8H4ClN3. The Bertz CT molecular complexity index is 467. The third-order valence-electron chi connectivity index (χ3n) is 1.62. The van der Waals surface area contributed by atoms with Crippen LogP contribution in [-0.2, 0) is 0 Å². The molecule has 58 valence electrons. The summed E-state index contributed by atoms with van der Waals surface area (Å²) in [5.74, 6) is 0. The van der Waals surface area contributed by atoms with Crippen molar-refractivity contribution in [1.29, 1.82) is 0 Å². The molecule has 0 amide bonds. The summed E-state index contributed by atoms with van der Waals surface area (Å²) in [6.07, 6.45) is 3.21. The molecule has 0 aliphatic carbocycles. The van der Waals surface area contributed by atoms with Crippen molar-refractivity contribution in [1.82, 2.24) is 9.97 Å². The van der Waals surface area contributed by atoms with Gasteiger partial charge in [0.2, 0.25) is 5.69 Å². The van der Waals surface area contributed by atoms with Gasteiger partial charge in [-0.25, -0.2) is 4.85 Å². The van der Waals surface area contributed by atoms with Gasteiger partial charge in [-0.15, -0.1) is 0 Å². The summed E-state index contributed by atoms with van der Waals surface area (Å²) < 4.78 is 0. The Labute approximate surface area is 73.8 Å². The molecule has 2 rings (SSSR count). The molecule has 12 heavy (non-hydrogen) atoms. The van der Waals surface area contributed by atoms with Gasteiger partial charge in [-0.3, -0.25) is 4.98 Å². The summed E-state index contributed by atoms with van der Waals surface area (Å²) in [6.45, 7) is 6.80. The number of aromatic nitrogens is 2. The van der Waals surface area contributed by atoms with Crippen LogP contribution in [0.1, 0.15) is 0 Å². The average Bonchev–Trinajstić information content (AvgIpc) is 2.53. The lowest BCUT2D eigenvalue weighted by molar-refractivity contribution is 1.33. The molecule has 0 saturated carbocycles. The zero-order valence-corrected chi connectivity index (χ0v) is 6.76. The topological polar surface area (TPSA) is 33.0 Å². The molecule has 2 aromatic rings. The summed E-state index contributed by atoms with van der Waals surface area (Å²) >= 11 is 5.91. The van der Waals surface area contributed by atoms with Crippen LogP contribution in [0.2, 0.25) is 5.02 Å². The third-order valence-corrected chi connectivity index (χ3v) is 2.02. The number of halogens is 1. The molecular weight excluding hydrogens is 174 g/mol. The SMILES string of the molecule is [C-]#[N+]c1cnc2[nH]ccc2c1Cl. The van der Waals surface area contributed by atoms with Gasteiger partial charge in [-0.2, -0.15) is 0 Å². The van der Waals surface area contributed by atoms with Crippen molar-refractivity contribution in [2.45, 2.75) is 0 Å². The first kappa shape index (κ1) is 7.14. The van der Waals surface area contributed by atoms with Crippen molar-refractivity contribution in [3.8, 4) is 0 Å². The number of hydrogen-bond donors (Lipinski definition) is 1. The summed E-state index contributed by atoms with van der Waals surface area (Å²) in [7, 11) is 0. The van der Waals surface area contributed by atoms with Crippen molar-refractivity contribution in [3.05, 3.63) is 34.9 Å². The van der Waals surface area contributed by atoms with Crippen LogP contribution in [-0.4, -0.2) is 9.97 Å². The molecule has 0 bridgehead atoms. The average molecular weight is 178 g/mol. The third kappa shape index (κ3) is 0.858. The van der Waals surface area contributed by atoms with E-state index in [1.54, 1.807) is 12.3 Å². The Hall–Kier alpha value is -1.53. The van der Waals surface area contributed by atoms with Crippen LogP contribution in [0.4, 0.5) is 5.69 Å². The summed E-state index contributed by atoms with van der Waals surface area (Å²) in [5, 5.41) is 1.27. The molecule has 0 aliphatic rings. The van der Waals surface area contributed by atoms with E-state index in [1.165, 1.54) is 6.20 Å². The van der Waals surface area contributed by atoms with Crippen molar-refractivity contribution in [3.63, 3.8) is 0 Å². The standard InChI is InChI=1S/C8H4ClN3/c1-10-6-4-12-8-5(7(6)9)2-3-11-8/h2-4H,(H,11,12). The molecule has 2 aromatic heterocycles. The second-order valence-corrected chi connectivity index (χ2v) is 2.69. The highest BCUT2D eigenvalue weighted by Gasteiger charge is 2.05. The van der Waals surface area contributed by atoms with Gasteiger partial charge in [-0.1, -0.05) is 11.6 Å². The molecule has 2 heterocycles. The second kappa shape index (κ2) is 2.50. The number of aromatic amines is 1. The maximum atomic E-state index is 6.80. The van der Waals surface area contributed by atoms with Crippen LogP contribution in [0.15, 0.2) is 18.5 Å². The van der Waals surface area contributed by atoms with Gasteiger partial charge in [0, 0.05) is 17.8 Å². The monoisotopic (exact) mass is 177 g/mol. The molecule has 0 aliphatic heterocycles. The van der Waals surface area contributed by atoms with Crippen molar-refractivity contribution in [2.75, 3.05) is 0 Å². The maximum absolute atomic E-state index is 6.80. The maximum Gasteiger partial charge on any atom is 0.224 e. The number of pyridine rings is 1. The zero-order valence-electron chi connectivity index (χ0n) is 6.00. The van der Waals surface area contributed by atoms with Crippen LogP contribution in [0.5, 0.6) is 0 Å². The number of rotatable bonds is 0. The first-order valence-electron chi connectivity index (χ1n) is 3.32. The van der Waals surface area contributed by atoms with Crippen molar-refractivity contribution < 1.29 is 0 Å². The molecule has 0 atom stereocenters. The molecule has 3 nitrogen and oxygen atoms in total. The largest absolute Gasteiger partial charge is 0.346 e. The number of fused-ring (bicyclic) bond motifs is 1. The van der Waals surface area contributed by atoms with Crippen LogP contribution in [0, 0.1) is 6.57 Å². The minimum Gasteiger partial charge on any atom is -0.346 e. The fourth-order valence-electron chi connectivity index (χ4n) is 1.04. The fraction of sp³-hybridized carbons (Fsp3) is 0. The van der Waals surface area contributed by atoms with Crippen LogP contribution < -0.4 is 0 Å². The molecule has 0 spiro atoms. The van der Waals surface area contributed by atoms with Crippen LogP contribution >= 0.6 is 11.6 Å². The Morgan fingerprint density at radius 3 is 3.17 bits per heavy atom. The minimum absolute atomic E-state index is 0.392. The van der Waals surface area contributed by atoms with Gasteiger partial charge in [0.25, 0.3) is 0 Å². The highest BCUT2D eigenvalue weighted by atomic mass is 35.5. The summed E-state index contributed by atoms with van der Waals surface area (Å²) in [6, 6.07) is 1.80. The van der Waals surface area contributed by atoms with Crippen LogP contribution in [0.25, 0.3) is 15.9 Å². The molecule has 0 fully saturated rings. The van der Waals surface area contributed by atoms with E-state index in [-0.39, 0.29) is 0 Å². The lowest BCUT2D eigenvalue weighted by Gasteiger charge is -1.94. The molecule has 0 unspecified atom stereocenters. The molecule has 0 saturated heterocycles. The van der Waals surface area contributed by atoms with Gasteiger partial charge in [0.1, 0.15) is 5.65 Å². The van der Waals surface area contributed by atoms with Gasteiger partial charge < -0.3 is 4.98 Å². The summed E-state index contributed by atoms with van der Waals surface area (Å²) in [4.78, 5) is 10.2. The van der Waals surface area contributed by atoms with E-state index in [9.17, 15) is 0 Å².